The molecule has 88 valence electrons. The van der Waals surface area contributed by atoms with Gasteiger partial charge in [0.1, 0.15) is 10.6 Å². The molecule has 1 N–H and O–H groups in total. The van der Waals surface area contributed by atoms with Crippen LogP contribution in [0, 0.1) is 0 Å². The highest BCUT2D eigenvalue weighted by Gasteiger charge is 2.19. The minimum Gasteiger partial charge on any atom is -0.489 e. The van der Waals surface area contributed by atoms with Crippen molar-refractivity contribution in [2.24, 2.45) is 0 Å². The average molecular weight is 261 g/mol. The maximum absolute atomic E-state index is 11.1. The predicted octanol–water partition coefficient (Wildman–Crippen LogP) is 3.24. The summed E-state index contributed by atoms with van der Waals surface area (Å²) in [5.74, 6) is 0.470. The molecule has 1 aliphatic carbocycles. The molecule has 1 aromatic carbocycles. The van der Waals surface area contributed by atoms with Crippen molar-refractivity contribution in [1.82, 2.24) is 0 Å². The van der Waals surface area contributed by atoms with Gasteiger partial charge >= 0.3 is 0 Å². The van der Waals surface area contributed by atoms with E-state index >= 15 is 0 Å². The Morgan fingerprint density at radius 2 is 2.06 bits per heavy atom. The van der Waals surface area contributed by atoms with Gasteiger partial charge in [0.05, 0.1) is 6.10 Å². The Balaban J connectivity index is 2.21. The molecule has 2 rings (SSSR count). The second kappa shape index (κ2) is 5.17. The van der Waals surface area contributed by atoms with Crippen molar-refractivity contribution in [2.45, 2.75) is 36.7 Å². The molecule has 1 atom stereocenters. The summed E-state index contributed by atoms with van der Waals surface area (Å²) in [6, 6.07) is 4.80. The van der Waals surface area contributed by atoms with E-state index in [1.807, 2.05) is 0 Å². The third-order valence-electron chi connectivity index (χ3n) is 2.69. The summed E-state index contributed by atoms with van der Waals surface area (Å²) in [7, 11) is 0. The van der Waals surface area contributed by atoms with Gasteiger partial charge in [0, 0.05) is 5.02 Å². The molecule has 1 unspecified atom stereocenters. The van der Waals surface area contributed by atoms with Crippen molar-refractivity contribution in [1.29, 1.82) is 0 Å². The van der Waals surface area contributed by atoms with Crippen molar-refractivity contribution >= 4 is 22.7 Å². The van der Waals surface area contributed by atoms with E-state index in [4.69, 9.17) is 20.9 Å². The molecular formula is C11H13ClO3S. The van der Waals surface area contributed by atoms with Gasteiger partial charge in [0.2, 0.25) is 0 Å². The number of hydrogen-bond acceptors (Lipinski definition) is 2. The highest BCUT2D eigenvalue weighted by molar-refractivity contribution is 7.79. The molecule has 0 bridgehead atoms. The fourth-order valence-corrected chi connectivity index (χ4v) is 2.65. The molecule has 1 saturated carbocycles. The first kappa shape index (κ1) is 11.9. The lowest BCUT2D eigenvalue weighted by Gasteiger charge is -2.15. The largest absolute Gasteiger partial charge is 0.489 e. The van der Waals surface area contributed by atoms with E-state index in [-0.39, 0.29) is 11.0 Å². The molecule has 0 heterocycles. The Morgan fingerprint density at radius 3 is 2.69 bits per heavy atom. The Labute approximate surface area is 102 Å². The Morgan fingerprint density at radius 1 is 1.38 bits per heavy atom. The van der Waals surface area contributed by atoms with Crippen molar-refractivity contribution in [3.8, 4) is 5.75 Å². The molecular weight excluding hydrogens is 248 g/mol. The van der Waals surface area contributed by atoms with Gasteiger partial charge in [-0.15, -0.1) is 0 Å². The van der Waals surface area contributed by atoms with Crippen molar-refractivity contribution < 1.29 is 13.5 Å². The van der Waals surface area contributed by atoms with Crippen LogP contribution in [0.5, 0.6) is 5.75 Å². The monoisotopic (exact) mass is 260 g/mol. The maximum Gasteiger partial charge on any atom is 0.190 e. The van der Waals surface area contributed by atoms with Gasteiger partial charge in [-0.05, 0) is 43.9 Å². The first-order valence-electron chi connectivity index (χ1n) is 5.24. The van der Waals surface area contributed by atoms with E-state index in [0.29, 0.717) is 10.8 Å². The van der Waals surface area contributed by atoms with Crippen LogP contribution in [0.3, 0.4) is 0 Å². The molecule has 1 fully saturated rings. The van der Waals surface area contributed by atoms with Gasteiger partial charge in [-0.25, -0.2) is 4.21 Å². The lowest BCUT2D eigenvalue weighted by molar-refractivity contribution is 0.204. The molecule has 5 heteroatoms. The van der Waals surface area contributed by atoms with Gasteiger partial charge < -0.3 is 9.29 Å². The van der Waals surface area contributed by atoms with Crippen LogP contribution >= 0.6 is 11.6 Å². The molecule has 0 spiro atoms. The lowest BCUT2D eigenvalue weighted by Crippen LogP contribution is -2.12. The van der Waals surface area contributed by atoms with Gasteiger partial charge in [0.15, 0.2) is 11.1 Å². The summed E-state index contributed by atoms with van der Waals surface area (Å²) in [6.07, 6.45) is 4.52. The molecule has 0 radical (unpaired) electrons. The van der Waals surface area contributed by atoms with Crippen LogP contribution in [0.4, 0.5) is 0 Å². The van der Waals surface area contributed by atoms with Gasteiger partial charge in [-0.3, -0.25) is 0 Å². The second-order valence-electron chi connectivity index (χ2n) is 3.86. The van der Waals surface area contributed by atoms with E-state index < -0.39 is 11.1 Å². The third kappa shape index (κ3) is 2.75. The van der Waals surface area contributed by atoms with Crippen molar-refractivity contribution in [3.05, 3.63) is 23.2 Å². The van der Waals surface area contributed by atoms with Gasteiger partial charge in [-0.1, -0.05) is 11.6 Å². The molecule has 0 saturated heterocycles. The van der Waals surface area contributed by atoms with Crippen LogP contribution in [0.15, 0.2) is 23.1 Å². The fraction of sp³-hybridized carbons (Fsp3) is 0.455. The minimum absolute atomic E-state index is 0.170. The van der Waals surface area contributed by atoms with Gasteiger partial charge in [0.25, 0.3) is 0 Å². The quantitative estimate of drug-likeness (QED) is 0.849. The van der Waals surface area contributed by atoms with Crippen molar-refractivity contribution in [2.75, 3.05) is 0 Å². The van der Waals surface area contributed by atoms with Crippen LogP contribution in [0.25, 0.3) is 0 Å². The normalized spacial score (nSPS) is 18.6. The number of halogens is 1. The van der Waals surface area contributed by atoms with Crippen molar-refractivity contribution in [3.63, 3.8) is 0 Å². The smallest absolute Gasteiger partial charge is 0.190 e. The molecule has 16 heavy (non-hydrogen) atoms. The third-order valence-corrected chi connectivity index (χ3v) is 3.62. The summed E-state index contributed by atoms with van der Waals surface area (Å²) in [5, 5.41) is 0.441. The van der Waals surface area contributed by atoms with E-state index in [0.717, 1.165) is 25.7 Å². The summed E-state index contributed by atoms with van der Waals surface area (Å²) in [4.78, 5) is 0.249. The predicted molar refractivity (Wildman–Crippen MR) is 63.4 cm³/mol. The number of benzene rings is 1. The molecule has 0 aromatic heterocycles. The second-order valence-corrected chi connectivity index (χ2v) is 5.24. The SMILES string of the molecule is O=S(O)c1cc(Cl)ccc1OC1CCCC1. The summed E-state index contributed by atoms with van der Waals surface area (Å²) in [5.41, 5.74) is 0. The van der Waals surface area contributed by atoms with Crippen LogP contribution < -0.4 is 4.74 Å². The van der Waals surface area contributed by atoms with E-state index in [2.05, 4.69) is 0 Å². The Kier molecular flexibility index (Phi) is 3.84. The average Bonchev–Trinajstić information content (AvgIpc) is 2.73. The molecule has 1 aromatic rings. The van der Waals surface area contributed by atoms with E-state index in [9.17, 15) is 4.21 Å². The number of hydrogen-bond donors (Lipinski definition) is 1. The summed E-state index contributed by atoms with van der Waals surface area (Å²) in [6.45, 7) is 0. The van der Waals surface area contributed by atoms with E-state index in [1.165, 1.54) is 6.07 Å². The highest BCUT2D eigenvalue weighted by Crippen LogP contribution is 2.30. The zero-order valence-corrected chi connectivity index (χ0v) is 10.3. The van der Waals surface area contributed by atoms with Crippen LogP contribution in [0.2, 0.25) is 5.02 Å². The molecule has 3 nitrogen and oxygen atoms in total. The Bertz CT molecular complexity index is 402. The first-order valence-corrected chi connectivity index (χ1v) is 6.72. The Hall–Kier alpha value is -0.580. The van der Waals surface area contributed by atoms with Crippen LogP contribution in [-0.4, -0.2) is 14.9 Å². The van der Waals surface area contributed by atoms with Crippen LogP contribution in [-0.2, 0) is 11.1 Å². The summed E-state index contributed by atoms with van der Waals surface area (Å²) >= 11 is 3.72. The standard InChI is InChI=1S/C11H13ClO3S/c12-8-5-6-10(11(7-8)16(13)14)15-9-3-1-2-4-9/h5-7,9H,1-4H2,(H,13,14). The summed E-state index contributed by atoms with van der Waals surface area (Å²) < 4.78 is 26.0. The lowest BCUT2D eigenvalue weighted by atomic mass is 10.3. The topological polar surface area (TPSA) is 46.5 Å². The highest BCUT2D eigenvalue weighted by atomic mass is 35.5. The zero-order chi connectivity index (χ0) is 11.5. The van der Waals surface area contributed by atoms with Gasteiger partial charge in [-0.2, -0.15) is 0 Å². The number of rotatable bonds is 3. The fourth-order valence-electron chi connectivity index (χ4n) is 1.90. The number of ether oxygens (including phenoxy) is 1. The minimum atomic E-state index is -2.06. The first-order chi connectivity index (χ1) is 7.66. The molecule has 0 amide bonds. The van der Waals surface area contributed by atoms with Crippen LogP contribution in [0.1, 0.15) is 25.7 Å². The zero-order valence-electron chi connectivity index (χ0n) is 8.69. The maximum atomic E-state index is 11.1. The van der Waals surface area contributed by atoms with E-state index in [1.54, 1.807) is 12.1 Å². The molecule has 1 aliphatic rings. The molecule has 0 aliphatic heterocycles.